The van der Waals surface area contributed by atoms with E-state index in [0.717, 1.165) is 10.7 Å². The van der Waals surface area contributed by atoms with Crippen molar-refractivity contribution in [3.05, 3.63) is 66.0 Å². The first-order valence-corrected chi connectivity index (χ1v) is 10.7. The number of rotatable bonds is 3. The number of nitrogens with two attached hydrogens (primary N) is 1. The van der Waals surface area contributed by atoms with Crippen LogP contribution in [-0.4, -0.2) is 56.8 Å². The molecule has 0 bridgehead atoms. The van der Waals surface area contributed by atoms with Crippen LogP contribution >= 0.6 is 0 Å². The van der Waals surface area contributed by atoms with Crippen LogP contribution in [0.25, 0.3) is 22.6 Å². The first-order chi connectivity index (χ1) is 16.3. The molecule has 2 aromatic heterocycles. The van der Waals surface area contributed by atoms with Crippen molar-refractivity contribution in [2.45, 2.75) is 12.7 Å². The lowest BCUT2D eigenvalue weighted by atomic mass is 10.0. The van der Waals surface area contributed by atoms with Gasteiger partial charge >= 0.3 is 12.2 Å². The zero-order chi connectivity index (χ0) is 23.9. The van der Waals surface area contributed by atoms with Gasteiger partial charge in [0.2, 0.25) is 5.89 Å². The first-order valence-electron chi connectivity index (χ1n) is 10.7. The summed E-state index contributed by atoms with van der Waals surface area (Å²) in [4.78, 5) is 20.3. The monoisotopic (exact) mass is 470 g/mol. The number of amides is 1. The molecule has 0 unspecified atom stereocenters. The fraction of sp³-hybridized carbons (Fsp3) is 0.261. The molecule has 0 saturated carbocycles. The van der Waals surface area contributed by atoms with Crippen LogP contribution in [0.15, 0.2) is 59.3 Å². The summed E-state index contributed by atoms with van der Waals surface area (Å²) < 4.78 is 48.6. The van der Waals surface area contributed by atoms with E-state index in [9.17, 15) is 18.0 Å². The number of aromatic nitrogens is 3. The highest BCUT2D eigenvalue weighted by molar-refractivity contribution is 5.77. The maximum Gasteiger partial charge on any atom is 0.416 e. The number of para-hydroxylation sites is 2. The number of piperazine rings is 1. The maximum atomic E-state index is 13.9. The van der Waals surface area contributed by atoms with Crippen molar-refractivity contribution in [2.24, 2.45) is 0 Å². The van der Waals surface area contributed by atoms with Gasteiger partial charge in [-0.15, -0.1) is 0 Å². The van der Waals surface area contributed by atoms with Gasteiger partial charge in [0, 0.05) is 38.3 Å². The number of benzene rings is 2. The average Bonchev–Trinajstić information content (AvgIpc) is 3.45. The minimum Gasteiger partial charge on any atom is -0.436 e. The van der Waals surface area contributed by atoms with Gasteiger partial charge in [-0.2, -0.15) is 23.0 Å². The summed E-state index contributed by atoms with van der Waals surface area (Å²) >= 11 is 0. The smallest absolute Gasteiger partial charge is 0.416 e. The van der Waals surface area contributed by atoms with E-state index < -0.39 is 11.7 Å². The second kappa shape index (κ2) is 8.49. The molecule has 1 amide bonds. The van der Waals surface area contributed by atoms with Gasteiger partial charge in [-0.25, -0.2) is 9.78 Å². The topological polar surface area (TPSA) is 93.4 Å². The van der Waals surface area contributed by atoms with Crippen molar-refractivity contribution in [2.75, 3.05) is 31.9 Å². The number of hydrogen-bond donors (Lipinski definition) is 1. The first kappa shape index (κ1) is 22.0. The normalized spacial score (nSPS) is 15.2. The second-order valence-electron chi connectivity index (χ2n) is 8.12. The van der Waals surface area contributed by atoms with Crippen molar-refractivity contribution >= 4 is 22.8 Å². The summed E-state index contributed by atoms with van der Waals surface area (Å²) in [5.41, 5.74) is 6.79. The van der Waals surface area contributed by atoms with Gasteiger partial charge in [0.15, 0.2) is 5.58 Å². The Labute approximate surface area is 192 Å². The second-order valence-corrected chi connectivity index (χ2v) is 8.12. The van der Waals surface area contributed by atoms with Gasteiger partial charge in [-0.1, -0.05) is 18.2 Å². The zero-order valence-corrected chi connectivity index (χ0v) is 18.0. The number of nitrogens with zero attached hydrogens (tertiary/aromatic N) is 5. The molecule has 0 spiro atoms. The Morgan fingerprint density at radius 3 is 2.53 bits per heavy atom. The number of hydrogen-bond acceptors (Lipinski definition) is 6. The van der Waals surface area contributed by atoms with E-state index >= 15 is 0 Å². The van der Waals surface area contributed by atoms with Crippen molar-refractivity contribution in [3.8, 4) is 11.5 Å². The van der Waals surface area contributed by atoms with E-state index in [1.165, 1.54) is 18.5 Å². The van der Waals surface area contributed by atoms with Crippen LogP contribution in [0, 0.1) is 0 Å². The van der Waals surface area contributed by atoms with Crippen LogP contribution in [0.5, 0.6) is 0 Å². The number of oxazole rings is 1. The lowest BCUT2D eigenvalue weighted by Crippen LogP contribution is -2.49. The van der Waals surface area contributed by atoms with Crippen molar-refractivity contribution in [1.29, 1.82) is 0 Å². The number of halogens is 3. The van der Waals surface area contributed by atoms with Gasteiger partial charge in [0.1, 0.15) is 5.52 Å². The minimum atomic E-state index is -4.53. The highest BCUT2D eigenvalue weighted by Crippen LogP contribution is 2.36. The third-order valence-corrected chi connectivity index (χ3v) is 5.79. The van der Waals surface area contributed by atoms with E-state index in [1.54, 1.807) is 35.2 Å². The predicted molar refractivity (Wildman–Crippen MR) is 119 cm³/mol. The molecular formula is C23H21F3N6O2. The van der Waals surface area contributed by atoms with Crippen LogP contribution in [0.1, 0.15) is 11.1 Å². The molecule has 0 aliphatic carbocycles. The minimum absolute atomic E-state index is 0.111. The fourth-order valence-corrected chi connectivity index (χ4v) is 4.03. The summed E-state index contributed by atoms with van der Waals surface area (Å²) in [6.45, 7) is 1.74. The molecule has 3 heterocycles. The van der Waals surface area contributed by atoms with Crippen LogP contribution < -0.4 is 5.73 Å². The van der Waals surface area contributed by atoms with Crippen LogP contribution in [0.4, 0.5) is 23.7 Å². The average molecular weight is 470 g/mol. The molecule has 2 aromatic carbocycles. The molecule has 11 heteroatoms. The SMILES string of the molecule is Nc1cnn(C(=O)N2CCN(Cc3ccc(-c4nc5ccccc5o4)cc3C(F)(F)F)CC2)c1. The molecule has 1 fully saturated rings. The zero-order valence-electron chi connectivity index (χ0n) is 18.0. The molecule has 0 radical (unpaired) electrons. The Morgan fingerprint density at radius 2 is 1.85 bits per heavy atom. The van der Waals surface area contributed by atoms with Crippen molar-refractivity contribution in [3.63, 3.8) is 0 Å². The highest BCUT2D eigenvalue weighted by atomic mass is 19.4. The van der Waals surface area contributed by atoms with E-state index in [-0.39, 0.29) is 29.6 Å². The third kappa shape index (κ3) is 4.34. The highest BCUT2D eigenvalue weighted by Gasteiger charge is 2.35. The van der Waals surface area contributed by atoms with Gasteiger partial charge in [0.05, 0.1) is 23.6 Å². The Kier molecular flexibility index (Phi) is 5.48. The molecule has 176 valence electrons. The summed E-state index contributed by atoms with van der Waals surface area (Å²) in [6.07, 6.45) is -1.71. The predicted octanol–water partition coefficient (Wildman–Crippen LogP) is 4.08. The summed E-state index contributed by atoms with van der Waals surface area (Å²) in [7, 11) is 0. The molecule has 1 aliphatic rings. The molecular weight excluding hydrogens is 449 g/mol. The Hall–Kier alpha value is -3.86. The standard InChI is InChI=1S/C23H21F3N6O2/c24-23(25,26)18-11-15(21-29-19-3-1-2-4-20(19)34-21)5-6-16(18)13-30-7-9-31(10-8-30)22(33)32-14-17(27)12-28-32/h1-6,11-12,14H,7-10,13,27H2. The van der Waals surface area contributed by atoms with Crippen molar-refractivity contribution in [1.82, 2.24) is 24.6 Å². The van der Waals surface area contributed by atoms with Gasteiger partial charge < -0.3 is 15.1 Å². The number of fused-ring (bicyclic) bond motifs is 1. The number of alkyl halides is 3. The van der Waals surface area contributed by atoms with Crippen molar-refractivity contribution < 1.29 is 22.4 Å². The summed E-state index contributed by atoms with van der Waals surface area (Å²) in [6, 6.07) is 10.9. The lowest BCUT2D eigenvalue weighted by Gasteiger charge is -2.34. The molecule has 0 atom stereocenters. The molecule has 8 nitrogen and oxygen atoms in total. The third-order valence-electron chi connectivity index (χ3n) is 5.79. The molecule has 5 rings (SSSR count). The Morgan fingerprint density at radius 1 is 1.09 bits per heavy atom. The Balaban J connectivity index is 1.32. The van der Waals surface area contributed by atoms with E-state index in [1.807, 2.05) is 4.90 Å². The quantitative estimate of drug-likeness (QED) is 0.485. The van der Waals surface area contributed by atoms with Gasteiger partial charge in [-0.05, 0) is 29.8 Å². The van der Waals surface area contributed by atoms with E-state index in [4.69, 9.17) is 10.2 Å². The molecule has 2 N–H and O–H groups in total. The van der Waals surface area contributed by atoms with E-state index in [0.29, 0.717) is 43.0 Å². The van der Waals surface area contributed by atoms with E-state index in [2.05, 4.69) is 10.1 Å². The molecule has 4 aromatic rings. The lowest BCUT2D eigenvalue weighted by molar-refractivity contribution is -0.138. The number of anilines is 1. The van der Waals surface area contributed by atoms with Crippen LogP contribution in [-0.2, 0) is 12.7 Å². The van der Waals surface area contributed by atoms with Gasteiger partial charge in [0.25, 0.3) is 0 Å². The fourth-order valence-electron chi connectivity index (χ4n) is 4.03. The number of carbonyl (C=O) groups excluding carboxylic acids is 1. The largest absolute Gasteiger partial charge is 0.436 e. The van der Waals surface area contributed by atoms with Gasteiger partial charge in [-0.3, -0.25) is 4.90 Å². The van der Waals surface area contributed by atoms with Crippen LogP contribution in [0.3, 0.4) is 0 Å². The van der Waals surface area contributed by atoms with Crippen LogP contribution in [0.2, 0.25) is 0 Å². The summed E-state index contributed by atoms with van der Waals surface area (Å²) in [5.74, 6) is 0.143. The molecule has 34 heavy (non-hydrogen) atoms. The Bertz CT molecular complexity index is 1300. The molecule has 1 aliphatic heterocycles. The number of nitrogen functional groups attached to an aromatic ring is 1. The summed E-state index contributed by atoms with van der Waals surface area (Å²) in [5, 5.41) is 3.91. The number of carbonyl (C=O) groups is 1. The molecule has 1 saturated heterocycles. The maximum absolute atomic E-state index is 13.9.